The lowest BCUT2D eigenvalue weighted by atomic mass is 10.1. The molecule has 8 heteroatoms. The van der Waals surface area contributed by atoms with Crippen LogP contribution in [0.3, 0.4) is 0 Å². The van der Waals surface area contributed by atoms with Gasteiger partial charge >= 0.3 is 0 Å². The fourth-order valence-corrected chi connectivity index (χ4v) is 4.72. The minimum Gasteiger partial charge on any atom is -0.391 e. The van der Waals surface area contributed by atoms with E-state index in [2.05, 4.69) is 20.0 Å². The number of nitrogens with one attached hydrogen (secondary N) is 2. The first-order chi connectivity index (χ1) is 14.0. The highest BCUT2D eigenvalue weighted by atomic mass is 32.2. The zero-order chi connectivity index (χ0) is 20.4. The number of nitrogens with zero attached hydrogens (tertiary/aromatic N) is 2. The van der Waals surface area contributed by atoms with Gasteiger partial charge < -0.3 is 10.4 Å². The summed E-state index contributed by atoms with van der Waals surface area (Å²) in [4.78, 5) is 8.45. The Balaban J connectivity index is 1.59. The molecule has 150 valence electrons. The Morgan fingerprint density at radius 1 is 1.10 bits per heavy atom. The second kappa shape index (κ2) is 7.90. The molecule has 3 aromatic rings. The maximum absolute atomic E-state index is 12.9. The summed E-state index contributed by atoms with van der Waals surface area (Å²) in [5.74, 6) is 0.444. The SMILES string of the molecule is CCc1ccc(S(=O)(=O)N[C@@H]2c3cc(Nc4ncccn4)ccc3C[C@H]2O)cc1. The molecule has 2 atom stereocenters. The molecule has 3 N–H and O–H groups in total. The van der Waals surface area contributed by atoms with E-state index in [9.17, 15) is 13.5 Å². The lowest BCUT2D eigenvalue weighted by molar-refractivity contribution is 0.151. The average Bonchev–Trinajstić information content (AvgIpc) is 3.03. The maximum atomic E-state index is 12.9. The lowest BCUT2D eigenvalue weighted by Gasteiger charge is -2.19. The molecule has 0 bridgehead atoms. The number of aliphatic hydroxyl groups excluding tert-OH is 1. The maximum Gasteiger partial charge on any atom is 0.241 e. The Labute approximate surface area is 169 Å². The van der Waals surface area contributed by atoms with Crippen molar-refractivity contribution in [3.05, 3.63) is 77.6 Å². The smallest absolute Gasteiger partial charge is 0.241 e. The van der Waals surface area contributed by atoms with Gasteiger partial charge in [0.25, 0.3) is 0 Å². The van der Waals surface area contributed by atoms with Gasteiger partial charge in [-0.2, -0.15) is 0 Å². The van der Waals surface area contributed by atoms with E-state index in [1.54, 1.807) is 42.7 Å². The highest BCUT2D eigenvalue weighted by Crippen LogP contribution is 2.35. The molecule has 0 aliphatic heterocycles. The number of fused-ring (bicyclic) bond motifs is 1. The van der Waals surface area contributed by atoms with Gasteiger partial charge in [0.05, 0.1) is 17.0 Å². The van der Waals surface area contributed by atoms with Crippen molar-refractivity contribution in [2.24, 2.45) is 0 Å². The summed E-state index contributed by atoms with van der Waals surface area (Å²) < 4.78 is 28.4. The number of sulfonamides is 1. The van der Waals surface area contributed by atoms with Crippen molar-refractivity contribution in [1.29, 1.82) is 0 Å². The fraction of sp³-hybridized carbons (Fsp3) is 0.238. The summed E-state index contributed by atoms with van der Waals surface area (Å²) in [5.41, 5.74) is 3.44. The van der Waals surface area contributed by atoms with Crippen molar-refractivity contribution in [3.63, 3.8) is 0 Å². The Kier molecular flexibility index (Phi) is 5.31. The Morgan fingerprint density at radius 2 is 1.83 bits per heavy atom. The van der Waals surface area contributed by atoms with Gasteiger partial charge in [0.2, 0.25) is 16.0 Å². The topological polar surface area (TPSA) is 104 Å². The van der Waals surface area contributed by atoms with E-state index in [-0.39, 0.29) is 4.90 Å². The molecule has 0 saturated heterocycles. The Hall–Kier alpha value is -2.81. The molecular weight excluding hydrogens is 388 g/mol. The molecule has 0 spiro atoms. The van der Waals surface area contributed by atoms with Gasteiger partial charge in [-0.1, -0.05) is 25.1 Å². The van der Waals surface area contributed by atoms with Crippen molar-refractivity contribution in [3.8, 4) is 0 Å². The summed E-state index contributed by atoms with van der Waals surface area (Å²) >= 11 is 0. The van der Waals surface area contributed by atoms with Crippen molar-refractivity contribution < 1.29 is 13.5 Å². The van der Waals surface area contributed by atoms with Crippen molar-refractivity contribution >= 4 is 21.7 Å². The lowest BCUT2D eigenvalue weighted by Crippen LogP contribution is -2.33. The normalized spacial score (nSPS) is 18.4. The first-order valence-corrected chi connectivity index (χ1v) is 10.9. The molecule has 0 fully saturated rings. The van der Waals surface area contributed by atoms with Crippen LogP contribution in [0.25, 0.3) is 0 Å². The minimum absolute atomic E-state index is 0.183. The predicted molar refractivity (Wildman–Crippen MR) is 110 cm³/mol. The molecule has 0 saturated carbocycles. The predicted octanol–water partition coefficient (Wildman–Crippen LogP) is 2.72. The number of anilines is 2. The molecule has 1 aromatic heterocycles. The summed E-state index contributed by atoms with van der Waals surface area (Å²) in [5, 5.41) is 13.6. The van der Waals surface area contributed by atoms with Gasteiger partial charge in [-0.25, -0.2) is 23.1 Å². The summed E-state index contributed by atoms with van der Waals surface area (Å²) in [6.45, 7) is 2.01. The fourth-order valence-electron chi connectivity index (χ4n) is 3.47. The highest BCUT2D eigenvalue weighted by molar-refractivity contribution is 7.89. The van der Waals surface area contributed by atoms with Crippen LogP contribution in [0.5, 0.6) is 0 Å². The van der Waals surface area contributed by atoms with Gasteiger partial charge in [-0.3, -0.25) is 0 Å². The van der Waals surface area contributed by atoms with Gasteiger partial charge in [0.15, 0.2) is 0 Å². The van der Waals surface area contributed by atoms with Crippen LogP contribution in [0.1, 0.15) is 29.7 Å². The largest absolute Gasteiger partial charge is 0.391 e. The molecule has 1 aliphatic carbocycles. The van der Waals surface area contributed by atoms with Crippen LogP contribution in [0.4, 0.5) is 11.6 Å². The number of aryl methyl sites for hydroxylation is 1. The number of aromatic nitrogens is 2. The van der Waals surface area contributed by atoms with E-state index in [1.807, 2.05) is 25.1 Å². The van der Waals surface area contributed by atoms with E-state index in [0.29, 0.717) is 12.4 Å². The zero-order valence-corrected chi connectivity index (χ0v) is 16.7. The van der Waals surface area contributed by atoms with Gasteiger partial charge in [0.1, 0.15) is 0 Å². The van der Waals surface area contributed by atoms with Crippen molar-refractivity contribution in [2.45, 2.75) is 36.8 Å². The second-order valence-corrected chi connectivity index (χ2v) is 8.69. The molecule has 1 aliphatic rings. The first kappa shape index (κ1) is 19.5. The standard InChI is InChI=1S/C21H22N4O3S/c1-2-14-4-8-17(9-5-14)29(27,28)25-20-18-13-16(7-6-15(18)12-19(20)26)24-21-22-10-3-11-23-21/h3-11,13,19-20,25-26H,2,12H2,1H3,(H,22,23,24)/t19-,20-/m1/s1. The van der Waals surface area contributed by atoms with Gasteiger partial charge in [-0.05, 0) is 53.4 Å². The van der Waals surface area contributed by atoms with Crippen molar-refractivity contribution in [2.75, 3.05) is 5.32 Å². The molecule has 4 rings (SSSR count). The van der Waals surface area contributed by atoms with Crippen LogP contribution in [0, 0.1) is 0 Å². The first-order valence-electron chi connectivity index (χ1n) is 9.42. The molecule has 0 unspecified atom stereocenters. The van der Waals surface area contributed by atoms with Crippen LogP contribution in [0.2, 0.25) is 0 Å². The highest BCUT2D eigenvalue weighted by Gasteiger charge is 2.34. The molecule has 0 amide bonds. The summed E-state index contributed by atoms with van der Waals surface area (Å²) in [7, 11) is -3.77. The van der Waals surface area contributed by atoms with Crippen LogP contribution in [-0.4, -0.2) is 29.6 Å². The van der Waals surface area contributed by atoms with E-state index in [1.165, 1.54) is 0 Å². The molecule has 1 heterocycles. The number of rotatable bonds is 6. The third kappa shape index (κ3) is 4.14. The second-order valence-electron chi connectivity index (χ2n) is 6.98. The molecule has 0 radical (unpaired) electrons. The van der Waals surface area contributed by atoms with Crippen LogP contribution < -0.4 is 10.0 Å². The Morgan fingerprint density at radius 3 is 2.52 bits per heavy atom. The summed E-state index contributed by atoms with van der Waals surface area (Å²) in [6, 6.07) is 13.4. The number of aliphatic hydroxyl groups is 1. The monoisotopic (exact) mass is 410 g/mol. The van der Waals surface area contributed by atoms with E-state index in [4.69, 9.17) is 0 Å². The number of benzene rings is 2. The van der Waals surface area contributed by atoms with Crippen molar-refractivity contribution in [1.82, 2.24) is 14.7 Å². The van der Waals surface area contributed by atoms with E-state index < -0.39 is 22.2 Å². The Bertz CT molecular complexity index is 1100. The summed E-state index contributed by atoms with van der Waals surface area (Å²) in [6.07, 6.45) is 3.65. The quantitative estimate of drug-likeness (QED) is 0.577. The average molecular weight is 410 g/mol. The van der Waals surface area contributed by atoms with Gasteiger partial charge in [0, 0.05) is 24.5 Å². The van der Waals surface area contributed by atoms with Crippen LogP contribution in [-0.2, 0) is 22.9 Å². The third-order valence-corrected chi connectivity index (χ3v) is 6.50. The molecular formula is C21H22N4O3S. The van der Waals surface area contributed by atoms with E-state index >= 15 is 0 Å². The van der Waals surface area contributed by atoms with Gasteiger partial charge in [-0.15, -0.1) is 0 Å². The van der Waals surface area contributed by atoms with Crippen LogP contribution >= 0.6 is 0 Å². The number of hydrogen-bond donors (Lipinski definition) is 3. The zero-order valence-electron chi connectivity index (χ0n) is 15.9. The van der Waals surface area contributed by atoms with Crippen LogP contribution in [0.15, 0.2) is 65.8 Å². The third-order valence-electron chi connectivity index (χ3n) is 5.04. The number of hydrogen-bond acceptors (Lipinski definition) is 6. The molecule has 2 aromatic carbocycles. The minimum atomic E-state index is -3.77. The molecule has 7 nitrogen and oxygen atoms in total. The molecule has 29 heavy (non-hydrogen) atoms. The van der Waals surface area contributed by atoms with E-state index in [0.717, 1.165) is 28.8 Å².